The Morgan fingerprint density at radius 3 is 1.85 bits per heavy atom. The van der Waals surface area contributed by atoms with E-state index in [2.05, 4.69) is 135 Å². The molecule has 2 amide bonds. The third-order valence-corrected chi connectivity index (χ3v) is 12.5. The molecule has 0 saturated heterocycles. The van der Waals surface area contributed by atoms with Crippen LogP contribution in [0.4, 0.5) is 5.69 Å². The van der Waals surface area contributed by atoms with E-state index in [1.165, 1.54) is 65.3 Å². The van der Waals surface area contributed by atoms with Gasteiger partial charge in [-0.25, -0.2) is 0 Å². The summed E-state index contributed by atoms with van der Waals surface area (Å²) in [5.41, 5.74) is 7.67. The number of anilines is 1. The van der Waals surface area contributed by atoms with Crippen molar-refractivity contribution in [3.05, 3.63) is 119 Å². The van der Waals surface area contributed by atoms with Gasteiger partial charge < -0.3 is 19.6 Å². The van der Waals surface area contributed by atoms with E-state index < -0.39 is 0 Å². The van der Waals surface area contributed by atoms with Crippen molar-refractivity contribution in [2.45, 2.75) is 39.5 Å². The fourth-order valence-electron chi connectivity index (χ4n) is 6.82. The lowest BCUT2D eigenvalue weighted by atomic mass is 10.00. The molecule has 1 aromatic carbocycles. The second-order valence-electron chi connectivity index (χ2n) is 14.2. The van der Waals surface area contributed by atoms with Gasteiger partial charge in [0.15, 0.2) is 0 Å². The van der Waals surface area contributed by atoms with Crippen LogP contribution in [0.3, 0.4) is 0 Å². The van der Waals surface area contributed by atoms with E-state index in [4.69, 9.17) is 0 Å². The third kappa shape index (κ3) is 13.6. The summed E-state index contributed by atoms with van der Waals surface area (Å²) in [5, 5.41) is 0. The topological polar surface area (TPSA) is 56.0 Å². The number of likely N-dealkylation sites (N-methyl/N-ethyl adjacent to an activating group) is 3. The number of hydrogen-bond donors (Lipinski definition) is 2. The van der Waals surface area contributed by atoms with Crippen molar-refractivity contribution in [3.63, 3.8) is 0 Å². The molecular formula is C44H64N6O2S2+2. The number of carbonyl (C=O) groups is 2. The standard InChI is InChI=1S/C44H62N6O2S2/c1-7-49-33-15-13-21-39(49)27-25-37-19-9-11-23-41(37)45(3)29-17-31-47(5)43(51)35-53-54-36-44(52)48(6)32-18-30-46(4)42-24-12-10-20-38(42)26-28-40-22-14-16-34-50(40)8-2/h9,11-16,19,21-28H,7-8,10,17-18,20,29-36H2,1-6H3/p+2/b27-25+,28-26+. The Balaban J connectivity index is 1.12. The highest BCUT2D eigenvalue weighted by Gasteiger charge is 2.17. The van der Waals surface area contributed by atoms with Crippen LogP contribution in [0.15, 0.2) is 114 Å². The average molecular weight is 773 g/mol. The van der Waals surface area contributed by atoms with Gasteiger partial charge in [0, 0.05) is 65.8 Å². The lowest BCUT2D eigenvalue weighted by Crippen LogP contribution is -3.09. The Hall–Kier alpha value is -3.70. The van der Waals surface area contributed by atoms with Crippen LogP contribution in [0.1, 0.15) is 45.1 Å². The van der Waals surface area contributed by atoms with Gasteiger partial charge in [-0.15, -0.1) is 0 Å². The van der Waals surface area contributed by atoms with Gasteiger partial charge in [0.1, 0.15) is 24.5 Å². The third-order valence-electron chi connectivity index (χ3n) is 10.3. The molecular weight excluding hydrogens is 709 g/mol. The lowest BCUT2D eigenvalue weighted by molar-refractivity contribution is -0.850. The number of allylic oxidation sites excluding steroid dienone is 10. The first-order valence-electron chi connectivity index (χ1n) is 19.6. The molecule has 0 saturated carbocycles. The Kier molecular flexibility index (Phi) is 18.5. The number of benzene rings is 1. The van der Waals surface area contributed by atoms with Gasteiger partial charge in [-0.05, 0) is 105 Å². The summed E-state index contributed by atoms with van der Waals surface area (Å²) in [4.78, 5) is 36.9. The second kappa shape index (κ2) is 23.3. The van der Waals surface area contributed by atoms with Crippen LogP contribution < -0.4 is 14.7 Å². The Morgan fingerprint density at radius 2 is 1.26 bits per heavy atom. The molecule has 292 valence electrons. The molecule has 2 atom stereocenters. The van der Waals surface area contributed by atoms with Gasteiger partial charge in [0.05, 0.1) is 24.6 Å². The van der Waals surface area contributed by atoms with Gasteiger partial charge >= 0.3 is 0 Å². The molecule has 2 unspecified atom stereocenters. The van der Waals surface area contributed by atoms with Crippen molar-refractivity contribution in [1.29, 1.82) is 0 Å². The van der Waals surface area contributed by atoms with Crippen LogP contribution in [0, 0.1) is 0 Å². The molecule has 10 heteroatoms. The summed E-state index contributed by atoms with van der Waals surface area (Å²) in [6.07, 6.45) is 30.6. The molecule has 0 aromatic heterocycles. The SMILES string of the molecule is CC[NH+]1CC=CC=C1/C=C/C1=C(N(C)CCCN(C)C(=O)CSSCC(=O)N(C)CCCN(C)c2ccccc2/C=C/C2=CC=CC[NH+]2CC)C=CCC1. The van der Waals surface area contributed by atoms with Crippen molar-refractivity contribution in [2.75, 3.05) is 97.0 Å². The molecule has 3 aliphatic rings. The summed E-state index contributed by atoms with van der Waals surface area (Å²) in [7, 11) is 11.0. The minimum atomic E-state index is 0.0941. The molecule has 2 aliphatic heterocycles. The minimum Gasteiger partial charge on any atom is -0.374 e. The van der Waals surface area contributed by atoms with E-state index in [1.54, 1.807) is 0 Å². The normalized spacial score (nSPS) is 18.3. The highest BCUT2D eigenvalue weighted by molar-refractivity contribution is 8.77. The summed E-state index contributed by atoms with van der Waals surface area (Å²) in [6.45, 7) is 11.8. The molecule has 1 aliphatic carbocycles. The van der Waals surface area contributed by atoms with Crippen LogP contribution >= 0.6 is 21.6 Å². The Labute approximate surface area is 333 Å². The molecule has 4 rings (SSSR count). The van der Waals surface area contributed by atoms with Crippen molar-refractivity contribution in [2.24, 2.45) is 0 Å². The van der Waals surface area contributed by atoms with Crippen molar-refractivity contribution in [3.8, 4) is 0 Å². The van der Waals surface area contributed by atoms with Crippen molar-refractivity contribution in [1.82, 2.24) is 14.7 Å². The molecule has 8 nitrogen and oxygen atoms in total. The number of para-hydroxylation sites is 1. The number of carbonyl (C=O) groups excluding carboxylic acids is 2. The minimum absolute atomic E-state index is 0.0941. The van der Waals surface area contributed by atoms with E-state index in [-0.39, 0.29) is 11.8 Å². The Morgan fingerprint density at radius 1 is 0.704 bits per heavy atom. The zero-order chi connectivity index (χ0) is 38.7. The first-order valence-corrected chi connectivity index (χ1v) is 22.1. The van der Waals surface area contributed by atoms with Gasteiger partial charge in [0.2, 0.25) is 11.8 Å². The zero-order valence-corrected chi connectivity index (χ0v) is 35.2. The number of hydrogen-bond acceptors (Lipinski definition) is 6. The molecule has 1 aromatic rings. The van der Waals surface area contributed by atoms with Gasteiger partial charge in [0.25, 0.3) is 0 Å². The summed E-state index contributed by atoms with van der Waals surface area (Å²) < 4.78 is 0. The molecule has 0 radical (unpaired) electrons. The number of nitrogens with zero attached hydrogens (tertiary/aromatic N) is 4. The van der Waals surface area contributed by atoms with Crippen molar-refractivity contribution < 1.29 is 19.4 Å². The molecule has 54 heavy (non-hydrogen) atoms. The van der Waals surface area contributed by atoms with E-state index >= 15 is 0 Å². The number of amides is 2. The highest BCUT2D eigenvalue weighted by atomic mass is 33.1. The number of quaternary nitrogens is 2. The predicted octanol–water partition coefficient (Wildman–Crippen LogP) is 5.02. The quantitative estimate of drug-likeness (QED) is 0.135. The maximum atomic E-state index is 12.9. The van der Waals surface area contributed by atoms with Gasteiger partial charge in [-0.2, -0.15) is 0 Å². The second-order valence-corrected chi connectivity index (χ2v) is 16.7. The maximum Gasteiger partial charge on any atom is 0.233 e. The molecule has 0 bridgehead atoms. The highest BCUT2D eigenvalue weighted by Crippen LogP contribution is 2.25. The van der Waals surface area contributed by atoms with Crippen molar-refractivity contribution >= 4 is 45.2 Å². The molecule has 2 N–H and O–H groups in total. The first kappa shape index (κ1) is 43.0. The first-order chi connectivity index (χ1) is 26.2. The zero-order valence-electron chi connectivity index (χ0n) is 33.6. The fraction of sp³-hybridized carbons (Fsp3) is 0.455. The van der Waals surface area contributed by atoms with Crippen LogP contribution in [-0.4, -0.2) is 119 Å². The average Bonchev–Trinajstić information content (AvgIpc) is 3.20. The monoisotopic (exact) mass is 772 g/mol. The fourth-order valence-corrected chi connectivity index (χ4v) is 8.73. The summed E-state index contributed by atoms with van der Waals surface area (Å²) in [5.74, 6) is 0.919. The lowest BCUT2D eigenvalue weighted by Gasteiger charge is -2.26. The van der Waals surface area contributed by atoms with Crippen LogP contribution in [-0.2, 0) is 9.59 Å². The molecule has 0 spiro atoms. The largest absolute Gasteiger partial charge is 0.374 e. The number of rotatable bonds is 21. The van der Waals surface area contributed by atoms with Crippen LogP contribution in [0.2, 0.25) is 0 Å². The van der Waals surface area contributed by atoms with Gasteiger partial charge in [-0.3, -0.25) is 19.4 Å². The van der Waals surface area contributed by atoms with Crippen LogP contribution in [0.25, 0.3) is 6.08 Å². The molecule has 2 heterocycles. The number of nitrogens with one attached hydrogen (secondary N) is 2. The molecule has 0 fully saturated rings. The summed E-state index contributed by atoms with van der Waals surface area (Å²) in [6, 6.07) is 8.49. The summed E-state index contributed by atoms with van der Waals surface area (Å²) >= 11 is 0. The maximum absolute atomic E-state index is 12.9. The Bertz CT molecular complexity index is 1640. The van der Waals surface area contributed by atoms with E-state index in [9.17, 15) is 9.59 Å². The van der Waals surface area contributed by atoms with Gasteiger partial charge in [-0.1, -0.05) is 64.1 Å². The van der Waals surface area contributed by atoms with E-state index in [1.807, 2.05) is 23.9 Å². The smallest absolute Gasteiger partial charge is 0.233 e. The van der Waals surface area contributed by atoms with E-state index in [0.717, 1.165) is 65.0 Å². The van der Waals surface area contributed by atoms with Crippen LogP contribution in [0.5, 0.6) is 0 Å². The predicted molar refractivity (Wildman–Crippen MR) is 233 cm³/mol. The van der Waals surface area contributed by atoms with E-state index in [0.29, 0.717) is 24.6 Å².